The number of nitrogens with two attached hydrogens (primary N) is 1. The zero-order valence-corrected chi connectivity index (χ0v) is 15.4. The number of hydrogen-bond acceptors (Lipinski definition) is 4. The average molecular weight is 335 g/mol. The molecule has 1 heterocycles. The molecule has 0 atom stereocenters. The van der Waals surface area contributed by atoms with Crippen molar-refractivity contribution in [1.29, 1.82) is 0 Å². The van der Waals surface area contributed by atoms with E-state index in [-0.39, 0.29) is 0 Å². The molecule has 4 heteroatoms. The maximum absolute atomic E-state index is 5.85. The fourth-order valence-electron chi connectivity index (χ4n) is 3.45. The molecule has 0 bridgehead atoms. The molecule has 1 saturated heterocycles. The van der Waals surface area contributed by atoms with Crippen LogP contribution < -0.4 is 15.2 Å². The molecule has 4 nitrogen and oxygen atoms in total. The largest absolute Gasteiger partial charge is 0.494 e. The van der Waals surface area contributed by atoms with E-state index in [0.29, 0.717) is 13.2 Å². The minimum atomic E-state index is 0.688. The number of ether oxygens (including phenoxy) is 2. The Balaban J connectivity index is 1.87. The van der Waals surface area contributed by atoms with Gasteiger partial charge in [0.15, 0.2) is 0 Å². The molecule has 0 aromatic heterocycles. The lowest BCUT2D eigenvalue weighted by molar-refractivity contribution is 0.181. The molecule has 1 aromatic rings. The first-order valence-corrected chi connectivity index (χ1v) is 9.57. The van der Waals surface area contributed by atoms with Gasteiger partial charge in [-0.2, -0.15) is 0 Å². The summed E-state index contributed by atoms with van der Waals surface area (Å²) in [7, 11) is 0. The molecule has 1 aromatic carbocycles. The summed E-state index contributed by atoms with van der Waals surface area (Å²) >= 11 is 0. The van der Waals surface area contributed by atoms with E-state index in [0.717, 1.165) is 36.8 Å². The van der Waals surface area contributed by atoms with Gasteiger partial charge in [0.2, 0.25) is 0 Å². The number of rotatable bonds is 10. The van der Waals surface area contributed by atoms with Crippen molar-refractivity contribution in [3.63, 3.8) is 0 Å². The topological polar surface area (TPSA) is 47.7 Å². The maximum Gasteiger partial charge on any atom is 0.126 e. The predicted molar refractivity (Wildman–Crippen MR) is 99.9 cm³/mol. The Morgan fingerprint density at radius 2 is 1.83 bits per heavy atom. The quantitative estimate of drug-likeness (QED) is 0.666. The lowest BCUT2D eigenvalue weighted by Crippen LogP contribution is -2.35. The van der Waals surface area contributed by atoms with E-state index in [1.807, 2.05) is 19.9 Å². The molecular formula is C20H34N2O2. The Morgan fingerprint density at radius 3 is 2.50 bits per heavy atom. The van der Waals surface area contributed by atoms with Gasteiger partial charge in [-0.05, 0) is 89.7 Å². The minimum Gasteiger partial charge on any atom is -0.494 e. The van der Waals surface area contributed by atoms with Crippen molar-refractivity contribution in [3.05, 3.63) is 23.8 Å². The van der Waals surface area contributed by atoms with Crippen molar-refractivity contribution in [3.8, 4) is 11.5 Å². The van der Waals surface area contributed by atoms with Gasteiger partial charge in [-0.25, -0.2) is 0 Å². The van der Waals surface area contributed by atoms with Crippen molar-refractivity contribution < 1.29 is 9.47 Å². The molecule has 0 saturated carbocycles. The average Bonchev–Trinajstić information content (AvgIpc) is 2.59. The second-order valence-corrected chi connectivity index (χ2v) is 6.62. The van der Waals surface area contributed by atoms with Gasteiger partial charge in [-0.15, -0.1) is 0 Å². The number of piperidine rings is 1. The lowest BCUT2D eigenvalue weighted by atomic mass is 9.89. The zero-order valence-electron chi connectivity index (χ0n) is 15.4. The maximum atomic E-state index is 5.85. The van der Waals surface area contributed by atoms with Crippen molar-refractivity contribution in [2.45, 2.75) is 46.0 Å². The molecule has 2 N–H and O–H groups in total. The summed E-state index contributed by atoms with van der Waals surface area (Å²) in [5.41, 5.74) is 6.90. The fourth-order valence-corrected chi connectivity index (χ4v) is 3.45. The molecule has 0 unspecified atom stereocenters. The summed E-state index contributed by atoms with van der Waals surface area (Å²) < 4.78 is 11.5. The van der Waals surface area contributed by atoms with Crippen molar-refractivity contribution >= 4 is 0 Å². The highest BCUT2D eigenvalue weighted by molar-refractivity contribution is 5.41. The van der Waals surface area contributed by atoms with Crippen LogP contribution in [0.5, 0.6) is 11.5 Å². The fraction of sp³-hybridized carbons (Fsp3) is 0.700. The van der Waals surface area contributed by atoms with Crippen LogP contribution in [0, 0.1) is 5.92 Å². The molecule has 0 amide bonds. The van der Waals surface area contributed by atoms with Crippen LogP contribution in [0.4, 0.5) is 0 Å². The molecule has 0 radical (unpaired) electrons. The monoisotopic (exact) mass is 334 g/mol. The Morgan fingerprint density at radius 1 is 1.08 bits per heavy atom. The van der Waals surface area contributed by atoms with Crippen LogP contribution in [0.15, 0.2) is 18.2 Å². The standard InChI is InChI=1S/C20H34N2O2/c1-3-23-19-8-7-18(20(16-19)24-4-2)15-17-9-13-22(14-10-17)12-6-5-11-21/h7-8,16-17H,3-6,9-15,21H2,1-2H3. The first-order valence-electron chi connectivity index (χ1n) is 9.57. The summed E-state index contributed by atoms with van der Waals surface area (Å²) in [6, 6.07) is 6.30. The van der Waals surface area contributed by atoms with Crippen LogP contribution in [-0.2, 0) is 6.42 Å². The number of nitrogens with zero attached hydrogens (tertiary/aromatic N) is 1. The third kappa shape index (κ3) is 5.99. The van der Waals surface area contributed by atoms with Gasteiger partial charge in [-0.3, -0.25) is 0 Å². The molecule has 1 fully saturated rings. The van der Waals surface area contributed by atoms with E-state index in [4.69, 9.17) is 15.2 Å². The van der Waals surface area contributed by atoms with Gasteiger partial charge in [0.1, 0.15) is 11.5 Å². The molecule has 136 valence electrons. The minimum absolute atomic E-state index is 0.688. The van der Waals surface area contributed by atoms with Crippen LogP contribution in [0.25, 0.3) is 0 Å². The molecule has 1 aliphatic rings. The van der Waals surface area contributed by atoms with Crippen molar-refractivity contribution in [2.24, 2.45) is 11.7 Å². The highest BCUT2D eigenvalue weighted by Gasteiger charge is 2.20. The summed E-state index contributed by atoms with van der Waals surface area (Å²) in [6.45, 7) is 9.89. The summed E-state index contributed by atoms with van der Waals surface area (Å²) in [6.07, 6.45) is 6.04. The van der Waals surface area contributed by atoms with Crippen molar-refractivity contribution in [1.82, 2.24) is 4.90 Å². The van der Waals surface area contributed by atoms with E-state index in [2.05, 4.69) is 17.0 Å². The second-order valence-electron chi connectivity index (χ2n) is 6.62. The Bertz CT molecular complexity index is 471. The van der Waals surface area contributed by atoms with E-state index in [1.165, 1.54) is 44.5 Å². The van der Waals surface area contributed by atoms with E-state index in [1.54, 1.807) is 0 Å². The smallest absolute Gasteiger partial charge is 0.126 e. The van der Waals surface area contributed by atoms with Gasteiger partial charge in [0.05, 0.1) is 13.2 Å². The predicted octanol–water partition coefficient (Wildman–Crippen LogP) is 3.48. The van der Waals surface area contributed by atoms with Gasteiger partial charge >= 0.3 is 0 Å². The molecule has 2 rings (SSSR count). The van der Waals surface area contributed by atoms with Crippen LogP contribution in [0.2, 0.25) is 0 Å². The summed E-state index contributed by atoms with van der Waals surface area (Å²) in [5, 5.41) is 0. The van der Waals surface area contributed by atoms with Crippen LogP contribution in [0.1, 0.15) is 45.1 Å². The molecule has 0 aliphatic carbocycles. The lowest BCUT2D eigenvalue weighted by Gasteiger charge is -2.32. The van der Waals surface area contributed by atoms with Crippen molar-refractivity contribution in [2.75, 3.05) is 39.4 Å². The van der Waals surface area contributed by atoms with Crippen LogP contribution in [-0.4, -0.2) is 44.3 Å². The van der Waals surface area contributed by atoms with E-state index in [9.17, 15) is 0 Å². The van der Waals surface area contributed by atoms with E-state index >= 15 is 0 Å². The third-order valence-corrected chi connectivity index (χ3v) is 4.79. The Hall–Kier alpha value is -1.26. The van der Waals surface area contributed by atoms with Gasteiger partial charge in [0.25, 0.3) is 0 Å². The number of benzene rings is 1. The summed E-state index contributed by atoms with van der Waals surface area (Å²) in [4.78, 5) is 2.59. The summed E-state index contributed by atoms with van der Waals surface area (Å²) in [5.74, 6) is 2.65. The normalized spacial score (nSPS) is 16.3. The highest BCUT2D eigenvalue weighted by Crippen LogP contribution is 2.30. The van der Waals surface area contributed by atoms with Gasteiger partial charge in [-0.1, -0.05) is 6.07 Å². The molecule has 24 heavy (non-hydrogen) atoms. The molecular weight excluding hydrogens is 300 g/mol. The SMILES string of the molecule is CCOc1ccc(CC2CCN(CCCCN)CC2)c(OCC)c1. The van der Waals surface area contributed by atoms with Crippen LogP contribution in [0.3, 0.4) is 0 Å². The number of likely N-dealkylation sites (tertiary alicyclic amines) is 1. The Kier molecular flexibility index (Phi) is 8.40. The van der Waals surface area contributed by atoms with Gasteiger partial charge < -0.3 is 20.1 Å². The number of unbranched alkanes of at least 4 members (excludes halogenated alkanes) is 1. The molecule has 0 spiro atoms. The zero-order chi connectivity index (χ0) is 17.2. The third-order valence-electron chi connectivity index (χ3n) is 4.79. The highest BCUT2D eigenvalue weighted by atomic mass is 16.5. The Labute approximate surface area is 147 Å². The number of hydrogen-bond donors (Lipinski definition) is 1. The first-order chi connectivity index (χ1) is 11.8. The van der Waals surface area contributed by atoms with Gasteiger partial charge in [0, 0.05) is 6.07 Å². The van der Waals surface area contributed by atoms with Crippen LogP contribution >= 0.6 is 0 Å². The second kappa shape index (κ2) is 10.6. The van der Waals surface area contributed by atoms with E-state index < -0.39 is 0 Å². The molecule has 1 aliphatic heterocycles. The first kappa shape index (κ1) is 19.1.